The zero-order chi connectivity index (χ0) is 6.97. The molecule has 1 aliphatic heterocycles. The summed E-state index contributed by atoms with van der Waals surface area (Å²) in [6.45, 7) is 0. The van der Waals surface area contributed by atoms with E-state index in [9.17, 15) is 3.83 Å². The Balaban J connectivity index is 2.04. The van der Waals surface area contributed by atoms with Gasteiger partial charge in [-0.25, -0.2) is 0 Å². The van der Waals surface area contributed by atoms with Crippen LogP contribution in [-0.2, 0) is 11.5 Å². The van der Waals surface area contributed by atoms with Crippen LogP contribution in [0.5, 0.6) is 0 Å². The molecule has 0 aromatic rings. The van der Waals surface area contributed by atoms with Gasteiger partial charge in [-0.2, -0.15) is 0 Å². The molecule has 58 valence electrons. The number of fused-ring (bicyclic) bond motifs is 1. The summed E-state index contributed by atoms with van der Waals surface area (Å²) in [5.74, 6) is 0. The van der Waals surface area contributed by atoms with Gasteiger partial charge in [0.2, 0.25) is 0 Å². The summed E-state index contributed by atoms with van der Waals surface area (Å²) in [5.41, 5.74) is 0. The van der Waals surface area contributed by atoms with Crippen molar-refractivity contribution in [2.75, 3.05) is 0 Å². The molecule has 0 spiro atoms. The van der Waals surface area contributed by atoms with Crippen LogP contribution in [0.4, 0.5) is 0 Å². The first-order valence-corrected chi connectivity index (χ1v) is 5.72. The predicted octanol–water partition coefficient (Wildman–Crippen LogP) is 0.760. The van der Waals surface area contributed by atoms with Crippen molar-refractivity contribution in [3.63, 3.8) is 0 Å². The topological polar surface area (TPSA) is 35.5 Å². The van der Waals surface area contributed by atoms with Crippen molar-refractivity contribution in [2.45, 2.75) is 37.9 Å². The maximum absolute atomic E-state index is 10.8. The fourth-order valence-electron chi connectivity index (χ4n) is 1.51. The van der Waals surface area contributed by atoms with Crippen molar-refractivity contribution in [1.82, 2.24) is 0 Å². The first kappa shape index (κ1) is 6.92. The van der Waals surface area contributed by atoms with Crippen LogP contribution in [0.3, 0.4) is 0 Å². The van der Waals surface area contributed by atoms with Crippen LogP contribution in [0.15, 0.2) is 0 Å². The molecule has 1 saturated carbocycles. The fraction of sp³-hybridized carbons (Fsp3) is 1.00. The van der Waals surface area contributed by atoms with Gasteiger partial charge in [-0.15, -0.1) is 0 Å². The predicted molar refractivity (Wildman–Crippen MR) is 34.7 cm³/mol. The molecule has 2 rings (SSSR count). The van der Waals surface area contributed by atoms with Gasteiger partial charge in [-0.05, 0) is 0 Å². The zero-order valence-electron chi connectivity index (χ0n) is 5.62. The normalized spacial score (nSPS) is 47.0. The standard InChI is InChI=1S/C6H10O3Se/c7-10-8-5-3-1-2-4-6(5)9-10/h5-6H,1-4H2. The molecule has 0 bridgehead atoms. The Kier molecular flexibility index (Phi) is 1.87. The molecule has 0 aromatic heterocycles. The second kappa shape index (κ2) is 2.70. The third-order valence-electron chi connectivity index (χ3n) is 2.05. The minimum atomic E-state index is -2.29. The first-order valence-electron chi connectivity index (χ1n) is 3.62. The van der Waals surface area contributed by atoms with Crippen LogP contribution < -0.4 is 0 Å². The van der Waals surface area contributed by atoms with Gasteiger partial charge in [-0.1, -0.05) is 0 Å². The number of hydrogen-bond donors (Lipinski definition) is 0. The molecule has 2 fully saturated rings. The number of hydrogen-bond acceptors (Lipinski definition) is 3. The molecule has 0 radical (unpaired) electrons. The Bertz CT molecular complexity index is 143. The minimum absolute atomic E-state index is 0.163. The van der Waals surface area contributed by atoms with Crippen molar-refractivity contribution in [3.8, 4) is 0 Å². The molecule has 1 saturated heterocycles. The van der Waals surface area contributed by atoms with E-state index in [1.807, 2.05) is 0 Å². The van der Waals surface area contributed by atoms with Crippen LogP contribution in [-0.4, -0.2) is 26.7 Å². The zero-order valence-corrected chi connectivity index (χ0v) is 7.33. The second-order valence-corrected chi connectivity index (χ2v) is 4.42. The average molecular weight is 209 g/mol. The van der Waals surface area contributed by atoms with Crippen LogP contribution in [0.2, 0.25) is 0 Å². The molecular formula is C6H10O3Se. The third kappa shape index (κ3) is 1.17. The third-order valence-corrected chi connectivity index (χ3v) is 3.74. The van der Waals surface area contributed by atoms with Gasteiger partial charge in [0.05, 0.1) is 0 Å². The van der Waals surface area contributed by atoms with Gasteiger partial charge in [0.15, 0.2) is 0 Å². The van der Waals surface area contributed by atoms with E-state index in [1.165, 1.54) is 12.8 Å². The van der Waals surface area contributed by atoms with Crippen LogP contribution in [0.25, 0.3) is 0 Å². The van der Waals surface area contributed by atoms with Crippen molar-refractivity contribution in [1.29, 1.82) is 0 Å². The molecule has 0 aromatic carbocycles. The Morgan fingerprint density at radius 1 is 1.10 bits per heavy atom. The molecule has 10 heavy (non-hydrogen) atoms. The maximum atomic E-state index is 10.8. The molecular weight excluding hydrogens is 199 g/mol. The van der Waals surface area contributed by atoms with E-state index in [1.54, 1.807) is 0 Å². The van der Waals surface area contributed by atoms with E-state index in [-0.39, 0.29) is 12.2 Å². The summed E-state index contributed by atoms with van der Waals surface area (Å²) in [5, 5.41) is 0. The van der Waals surface area contributed by atoms with Gasteiger partial charge < -0.3 is 0 Å². The molecule has 0 amide bonds. The van der Waals surface area contributed by atoms with Crippen LogP contribution >= 0.6 is 0 Å². The molecule has 0 N–H and O–H groups in total. The van der Waals surface area contributed by atoms with Gasteiger partial charge >= 0.3 is 63.9 Å². The van der Waals surface area contributed by atoms with Gasteiger partial charge in [0, 0.05) is 0 Å². The summed E-state index contributed by atoms with van der Waals surface area (Å²) < 4.78 is 21.0. The Morgan fingerprint density at radius 3 is 2.10 bits per heavy atom. The van der Waals surface area contributed by atoms with Crippen LogP contribution in [0, 0.1) is 0 Å². The van der Waals surface area contributed by atoms with E-state index >= 15 is 0 Å². The van der Waals surface area contributed by atoms with E-state index in [2.05, 4.69) is 0 Å². The van der Waals surface area contributed by atoms with Gasteiger partial charge in [-0.3, -0.25) is 0 Å². The Labute approximate surface area is 64.4 Å². The van der Waals surface area contributed by atoms with Crippen molar-refractivity contribution in [2.24, 2.45) is 0 Å². The monoisotopic (exact) mass is 210 g/mol. The average Bonchev–Trinajstić information content (AvgIpc) is 2.27. The molecule has 2 aliphatic rings. The Hall–Kier alpha value is 0.239. The van der Waals surface area contributed by atoms with Crippen LogP contribution in [0.1, 0.15) is 25.7 Å². The fourth-order valence-corrected chi connectivity index (χ4v) is 3.37. The molecule has 3 nitrogen and oxygen atoms in total. The summed E-state index contributed by atoms with van der Waals surface area (Å²) in [7, 11) is 0. The van der Waals surface area contributed by atoms with Crippen molar-refractivity contribution in [3.05, 3.63) is 0 Å². The molecule has 2 unspecified atom stereocenters. The SMILES string of the molecule is O=[Se]1OC2CCCCC2O1. The quantitative estimate of drug-likeness (QED) is 0.552. The van der Waals surface area contributed by atoms with E-state index in [4.69, 9.17) is 7.64 Å². The van der Waals surface area contributed by atoms with E-state index in [0.717, 1.165) is 12.8 Å². The molecule has 4 heteroatoms. The van der Waals surface area contributed by atoms with Gasteiger partial charge in [0.25, 0.3) is 0 Å². The summed E-state index contributed by atoms with van der Waals surface area (Å²) in [6, 6.07) is 0. The van der Waals surface area contributed by atoms with Crippen molar-refractivity contribution < 1.29 is 11.5 Å². The summed E-state index contributed by atoms with van der Waals surface area (Å²) in [6.07, 6.45) is 4.79. The van der Waals surface area contributed by atoms with Gasteiger partial charge in [0.1, 0.15) is 0 Å². The summed E-state index contributed by atoms with van der Waals surface area (Å²) in [4.78, 5) is 0. The van der Waals surface area contributed by atoms with E-state index < -0.39 is 14.5 Å². The number of rotatable bonds is 0. The van der Waals surface area contributed by atoms with Crippen molar-refractivity contribution >= 4 is 14.5 Å². The second-order valence-electron chi connectivity index (χ2n) is 2.76. The molecule has 1 aliphatic carbocycles. The summed E-state index contributed by atoms with van der Waals surface area (Å²) >= 11 is -2.29. The van der Waals surface area contributed by atoms with E-state index in [0.29, 0.717) is 0 Å². The molecule has 2 atom stereocenters. The first-order chi connectivity index (χ1) is 4.86. The Morgan fingerprint density at radius 2 is 1.60 bits per heavy atom. The molecule has 1 heterocycles.